The van der Waals surface area contributed by atoms with Gasteiger partial charge in [0.15, 0.2) is 0 Å². The van der Waals surface area contributed by atoms with Gasteiger partial charge in [0.25, 0.3) is 5.91 Å². The zero-order valence-corrected chi connectivity index (χ0v) is 13.9. The Balaban J connectivity index is 1.88. The molecule has 23 heavy (non-hydrogen) atoms. The van der Waals surface area contributed by atoms with Crippen molar-refractivity contribution in [3.63, 3.8) is 0 Å². The lowest BCUT2D eigenvalue weighted by molar-refractivity contribution is 0.0250. The minimum Gasteiger partial charge on any atom is -0.378 e. The van der Waals surface area contributed by atoms with Gasteiger partial charge in [-0.1, -0.05) is 49.3 Å². The number of carbonyl (C=O) groups is 1. The highest BCUT2D eigenvalue weighted by atomic mass is 16.5. The summed E-state index contributed by atoms with van der Waals surface area (Å²) in [5.74, 6) is 0.391. The average Bonchev–Trinajstić information content (AvgIpc) is 3.04. The summed E-state index contributed by atoms with van der Waals surface area (Å²) >= 11 is 0. The summed E-state index contributed by atoms with van der Waals surface area (Å²) in [7, 11) is 0. The molecule has 1 heterocycles. The number of carbonyl (C=O) groups excluding carboxylic acids is 1. The standard InChI is InChI=1S/C18H24N2O3/c1-4-22-16(13(2)3)10-11-19-18(21)17-12-15(20-23-17)14-8-6-5-7-9-14/h5-9,12-13,16H,4,10-11H2,1-3H3,(H,19,21)/t16-/m0/s1. The molecule has 1 amide bonds. The molecule has 1 atom stereocenters. The van der Waals surface area contributed by atoms with E-state index in [0.29, 0.717) is 24.8 Å². The van der Waals surface area contributed by atoms with Crippen LogP contribution in [0.4, 0.5) is 0 Å². The molecule has 0 aliphatic carbocycles. The molecule has 0 fully saturated rings. The molecule has 2 aromatic rings. The predicted molar refractivity (Wildman–Crippen MR) is 89.1 cm³/mol. The van der Waals surface area contributed by atoms with Gasteiger partial charge in [0.2, 0.25) is 5.76 Å². The Morgan fingerprint density at radius 3 is 2.70 bits per heavy atom. The van der Waals surface area contributed by atoms with Crippen molar-refractivity contribution in [1.29, 1.82) is 0 Å². The number of ether oxygens (including phenoxy) is 1. The van der Waals surface area contributed by atoms with Crippen LogP contribution in [-0.2, 0) is 4.74 Å². The smallest absolute Gasteiger partial charge is 0.289 e. The first-order valence-corrected chi connectivity index (χ1v) is 8.03. The van der Waals surface area contributed by atoms with Crippen LogP contribution in [0.25, 0.3) is 11.3 Å². The Bertz CT molecular complexity index is 608. The van der Waals surface area contributed by atoms with Crippen LogP contribution < -0.4 is 5.32 Å². The quantitative estimate of drug-likeness (QED) is 0.809. The van der Waals surface area contributed by atoms with Gasteiger partial charge in [-0.2, -0.15) is 0 Å². The fourth-order valence-corrected chi connectivity index (χ4v) is 2.37. The lowest BCUT2D eigenvalue weighted by atomic mass is 10.0. The van der Waals surface area contributed by atoms with E-state index in [1.54, 1.807) is 6.07 Å². The van der Waals surface area contributed by atoms with Crippen LogP contribution in [0.1, 0.15) is 37.7 Å². The van der Waals surface area contributed by atoms with E-state index in [2.05, 4.69) is 24.3 Å². The van der Waals surface area contributed by atoms with E-state index in [0.717, 1.165) is 12.0 Å². The highest BCUT2D eigenvalue weighted by Gasteiger charge is 2.16. The SMILES string of the molecule is CCO[C@@H](CCNC(=O)c1cc(-c2ccccc2)no1)C(C)C. The van der Waals surface area contributed by atoms with Crippen LogP contribution in [-0.4, -0.2) is 30.3 Å². The second-order valence-corrected chi connectivity index (χ2v) is 5.72. The second kappa shape index (κ2) is 8.48. The summed E-state index contributed by atoms with van der Waals surface area (Å²) < 4.78 is 10.8. The number of aromatic nitrogens is 1. The Labute approximate surface area is 137 Å². The summed E-state index contributed by atoms with van der Waals surface area (Å²) in [6.07, 6.45) is 0.923. The fraction of sp³-hybridized carbons (Fsp3) is 0.444. The van der Waals surface area contributed by atoms with Gasteiger partial charge in [-0.05, 0) is 19.3 Å². The molecular formula is C18H24N2O3. The largest absolute Gasteiger partial charge is 0.378 e. The molecule has 5 heteroatoms. The Hall–Kier alpha value is -2.14. The van der Waals surface area contributed by atoms with Crippen molar-refractivity contribution in [3.05, 3.63) is 42.2 Å². The van der Waals surface area contributed by atoms with Crippen molar-refractivity contribution >= 4 is 5.91 Å². The molecular weight excluding hydrogens is 292 g/mol. The summed E-state index contributed by atoms with van der Waals surface area (Å²) in [5.41, 5.74) is 1.58. The van der Waals surface area contributed by atoms with Gasteiger partial charge < -0.3 is 14.6 Å². The van der Waals surface area contributed by atoms with Crippen LogP contribution >= 0.6 is 0 Å². The van der Waals surface area contributed by atoms with E-state index in [1.165, 1.54) is 0 Å². The highest BCUT2D eigenvalue weighted by Crippen LogP contribution is 2.18. The van der Waals surface area contributed by atoms with Gasteiger partial charge in [0.1, 0.15) is 5.69 Å². The number of nitrogens with one attached hydrogen (secondary N) is 1. The topological polar surface area (TPSA) is 64.4 Å². The Morgan fingerprint density at radius 2 is 2.04 bits per heavy atom. The molecule has 0 radical (unpaired) electrons. The van der Waals surface area contributed by atoms with Crippen LogP contribution in [0.5, 0.6) is 0 Å². The maximum Gasteiger partial charge on any atom is 0.289 e. The first kappa shape index (κ1) is 17.2. The van der Waals surface area contributed by atoms with Gasteiger partial charge in [-0.25, -0.2) is 0 Å². The maximum atomic E-state index is 12.1. The normalized spacial score (nSPS) is 12.3. The first-order valence-electron chi connectivity index (χ1n) is 8.03. The zero-order valence-electron chi connectivity index (χ0n) is 13.9. The van der Waals surface area contributed by atoms with E-state index in [9.17, 15) is 4.79 Å². The van der Waals surface area contributed by atoms with Gasteiger partial charge >= 0.3 is 0 Å². The summed E-state index contributed by atoms with van der Waals surface area (Å²) in [5, 5.41) is 6.80. The third-order valence-electron chi connectivity index (χ3n) is 3.64. The van der Waals surface area contributed by atoms with Crippen molar-refractivity contribution in [3.8, 4) is 11.3 Å². The van der Waals surface area contributed by atoms with Gasteiger partial charge in [-0.3, -0.25) is 4.79 Å². The van der Waals surface area contributed by atoms with Crippen molar-refractivity contribution in [2.24, 2.45) is 5.92 Å². The molecule has 1 aromatic heterocycles. The summed E-state index contributed by atoms with van der Waals surface area (Å²) in [4.78, 5) is 12.1. The fourth-order valence-electron chi connectivity index (χ4n) is 2.37. The van der Waals surface area contributed by atoms with Crippen LogP contribution in [0, 0.1) is 5.92 Å². The van der Waals surface area contributed by atoms with Gasteiger partial charge in [0, 0.05) is 24.8 Å². The molecule has 0 aliphatic heterocycles. The third kappa shape index (κ3) is 4.93. The lowest BCUT2D eigenvalue weighted by Gasteiger charge is -2.20. The molecule has 1 N–H and O–H groups in total. The number of hydrogen-bond acceptors (Lipinski definition) is 4. The number of amides is 1. The molecule has 5 nitrogen and oxygen atoms in total. The minimum absolute atomic E-state index is 0.148. The van der Waals surface area contributed by atoms with Crippen LogP contribution in [0.15, 0.2) is 40.9 Å². The molecule has 0 spiro atoms. The van der Waals surface area contributed by atoms with E-state index in [-0.39, 0.29) is 17.8 Å². The van der Waals surface area contributed by atoms with Crippen molar-refractivity contribution in [2.75, 3.05) is 13.2 Å². The number of hydrogen-bond donors (Lipinski definition) is 1. The molecule has 0 bridgehead atoms. The molecule has 124 valence electrons. The molecule has 0 saturated heterocycles. The third-order valence-corrected chi connectivity index (χ3v) is 3.64. The monoisotopic (exact) mass is 316 g/mol. The highest BCUT2D eigenvalue weighted by molar-refractivity contribution is 5.92. The van der Waals surface area contributed by atoms with Gasteiger partial charge in [-0.15, -0.1) is 0 Å². The van der Waals surface area contributed by atoms with Crippen molar-refractivity contribution < 1.29 is 14.1 Å². The Morgan fingerprint density at radius 1 is 1.30 bits per heavy atom. The van der Waals surface area contributed by atoms with Crippen molar-refractivity contribution in [2.45, 2.75) is 33.3 Å². The van der Waals surface area contributed by atoms with E-state index < -0.39 is 0 Å². The lowest BCUT2D eigenvalue weighted by Crippen LogP contribution is -2.30. The molecule has 1 aromatic carbocycles. The average molecular weight is 316 g/mol. The van der Waals surface area contributed by atoms with E-state index in [1.807, 2.05) is 37.3 Å². The molecule has 0 aliphatic rings. The maximum absolute atomic E-state index is 12.1. The van der Waals surface area contributed by atoms with Crippen molar-refractivity contribution in [1.82, 2.24) is 10.5 Å². The summed E-state index contributed by atoms with van der Waals surface area (Å²) in [6.45, 7) is 7.44. The molecule has 0 unspecified atom stereocenters. The Kier molecular flexibility index (Phi) is 6.35. The number of benzene rings is 1. The van der Waals surface area contributed by atoms with Crippen LogP contribution in [0.3, 0.4) is 0 Å². The molecule has 0 saturated carbocycles. The first-order chi connectivity index (χ1) is 11.1. The minimum atomic E-state index is -0.251. The second-order valence-electron chi connectivity index (χ2n) is 5.72. The molecule has 2 rings (SSSR count). The summed E-state index contributed by atoms with van der Waals surface area (Å²) in [6, 6.07) is 11.3. The van der Waals surface area contributed by atoms with E-state index >= 15 is 0 Å². The van der Waals surface area contributed by atoms with Crippen LogP contribution in [0.2, 0.25) is 0 Å². The number of nitrogens with zero attached hydrogens (tertiary/aromatic N) is 1. The van der Waals surface area contributed by atoms with Gasteiger partial charge in [0.05, 0.1) is 6.10 Å². The van der Waals surface area contributed by atoms with E-state index in [4.69, 9.17) is 9.26 Å². The predicted octanol–water partition coefficient (Wildman–Crippen LogP) is 3.52. The zero-order chi connectivity index (χ0) is 16.7. The number of rotatable bonds is 8.